The third-order valence-electron chi connectivity index (χ3n) is 2.55. The zero-order valence-electron chi connectivity index (χ0n) is 8.63. The van der Waals surface area contributed by atoms with E-state index >= 15 is 0 Å². The van der Waals surface area contributed by atoms with Crippen molar-refractivity contribution in [1.29, 1.82) is 0 Å². The number of halogens is 1. The fourth-order valence-corrected chi connectivity index (χ4v) is 1.66. The van der Waals surface area contributed by atoms with E-state index in [2.05, 4.69) is 15.9 Å². The first-order chi connectivity index (χ1) is 7.16. The van der Waals surface area contributed by atoms with Gasteiger partial charge in [-0.1, -0.05) is 22.0 Å². The van der Waals surface area contributed by atoms with E-state index in [1.54, 1.807) is 6.07 Å². The fourth-order valence-electron chi connectivity index (χ4n) is 1.28. The quantitative estimate of drug-likeness (QED) is 0.787. The molecule has 1 aromatic rings. The number of carbonyl (C=O) groups is 1. The summed E-state index contributed by atoms with van der Waals surface area (Å²) in [5, 5.41) is 0. The van der Waals surface area contributed by atoms with Crippen molar-refractivity contribution in [2.24, 2.45) is 5.92 Å². The van der Waals surface area contributed by atoms with Crippen molar-refractivity contribution in [2.45, 2.75) is 19.8 Å². The highest BCUT2D eigenvalue weighted by Crippen LogP contribution is 2.29. The Bertz CT molecular complexity index is 383. The predicted molar refractivity (Wildman–Crippen MR) is 61.9 cm³/mol. The van der Waals surface area contributed by atoms with Crippen LogP contribution < -0.4 is 0 Å². The molecule has 1 fully saturated rings. The average Bonchev–Trinajstić information content (AvgIpc) is 3.02. The van der Waals surface area contributed by atoms with Gasteiger partial charge in [-0.3, -0.25) is 0 Å². The Labute approximate surface area is 97.8 Å². The van der Waals surface area contributed by atoms with Crippen LogP contribution in [0.3, 0.4) is 0 Å². The van der Waals surface area contributed by atoms with Crippen LogP contribution in [0.15, 0.2) is 22.7 Å². The summed E-state index contributed by atoms with van der Waals surface area (Å²) >= 11 is 3.40. The summed E-state index contributed by atoms with van der Waals surface area (Å²) in [6.45, 7) is 2.56. The van der Waals surface area contributed by atoms with E-state index in [0.717, 1.165) is 10.0 Å². The molecule has 0 aromatic heterocycles. The zero-order chi connectivity index (χ0) is 10.8. The van der Waals surface area contributed by atoms with Gasteiger partial charge in [0.1, 0.15) is 0 Å². The largest absolute Gasteiger partial charge is 0.462 e. The molecule has 0 unspecified atom stereocenters. The normalized spacial score (nSPS) is 15.1. The van der Waals surface area contributed by atoms with Gasteiger partial charge in [0.25, 0.3) is 0 Å². The molecule has 1 aliphatic rings. The first-order valence-electron chi connectivity index (χ1n) is 5.10. The molecule has 0 amide bonds. The van der Waals surface area contributed by atoms with Gasteiger partial charge >= 0.3 is 5.97 Å². The third kappa shape index (κ3) is 2.81. The van der Waals surface area contributed by atoms with Crippen molar-refractivity contribution in [3.63, 3.8) is 0 Å². The lowest BCUT2D eigenvalue weighted by Gasteiger charge is -2.05. The summed E-state index contributed by atoms with van der Waals surface area (Å²) < 4.78 is 6.13. The van der Waals surface area contributed by atoms with E-state index in [-0.39, 0.29) is 5.97 Å². The third-order valence-corrected chi connectivity index (χ3v) is 3.41. The van der Waals surface area contributed by atoms with Gasteiger partial charge in [0, 0.05) is 4.47 Å². The second-order valence-corrected chi connectivity index (χ2v) is 4.86. The highest BCUT2D eigenvalue weighted by Gasteiger charge is 2.23. The van der Waals surface area contributed by atoms with Crippen molar-refractivity contribution in [3.8, 4) is 0 Å². The molecule has 15 heavy (non-hydrogen) atoms. The molecular weight excluding hydrogens is 256 g/mol. The van der Waals surface area contributed by atoms with E-state index in [9.17, 15) is 4.79 Å². The number of hydrogen-bond donors (Lipinski definition) is 0. The van der Waals surface area contributed by atoms with Gasteiger partial charge in [-0.15, -0.1) is 0 Å². The smallest absolute Gasteiger partial charge is 0.338 e. The van der Waals surface area contributed by atoms with Crippen LogP contribution >= 0.6 is 15.9 Å². The van der Waals surface area contributed by atoms with Crippen LogP contribution in [0.1, 0.15) is 28.8 Å². The van der Waals surface area contributed by atoms with Gasteiger partial charge in [-0.05, 0) is 43.4 Å². The van der Waals surface area contributed by atoms with E-state index < -0.39 is 0 Å². The van der Waals surface area contributed by atoms with Crippen LogP contribution in [0, 0.1) is 12.8 Å². The Morgan fingerprint density at radius 1 is 1.53 bits per heavy atom. The number of aryl methyl sites for hydroxylation is 1. The van der Waals surface area contributed by atoms with Crippen LogP contribution in [0.5, 0.6) is 0 Å². The summed E-state index contributed by atoms with van der Waals surface area (Å²) in [7, 11) is 0. The Morgan fingerprint density at radius 3 is 2.87 bits per heavy atom. The molecule has 1 aromatic carbocycles. The van der Waals surface area contributed by atoms with Crippen LogP contribution in [0.4, 0.5) is 0 Å². The van der Waals surface area contributed by atoms with Gasteiger partial charge in [-0.2, -0.15) is 0 Å². The summed E-state index contributed by atoms with van der Waals surface area (Å²) in [6.07, 6.45) is 2.40. The van der Waals surface area contributed by atoms with Gasteiger partial charge in [0.05, 0.1) is 12.2 Å². The number of hydrogen-bond acceptors (Lipinski definition) is 2. The molecule has 3 heteroatoms. The average molecular weight is 269 g/mol. The Balaban J connectivity index is 2.00. The molecule has 2 nitrogen and oxygen atoms in total. The minimum absolute atomic E-state index is 0.220. The Morgan fingerprint density at radius 2 is 2.27 bits per heavy atom. The van der Waals surface area contributed by atoms with Gasteiger partial charge in [0.2, 0.25) is 0 Å². The van der Waals surface area contributed by atoms with Crippen LogP contribution in [-0.4, -0.2) is 12.6 Å². The van der Waals surface area contributed by atoms with Crippen molar-refractivity contribution in [2.75, 3.05) is 6.61 Å². The molecule has 0 atom stereocenters. The molecule has 0 spiro atoms. The van der Waals surface area contributed by atoms with Crippen LogP contribution in [0.25, 0.3) is 0 Å². The minimum Gasteiger partial charge on any atom is -0.462 e. The van der Waals surface area contributed by atoms with Gasteiger partial charge in [0.15, 0.2) is 0 Å². The lowest BCUT2D eigenvalue weighted by atomic mass is 10.1. The molecule has 1 aliphatic carbocycles. The molecule has 0 heterocycles. The maximum atomic E-state index is 11.6. The number of ether oxygens (including phenoxy) is 1. The van der Waals surface area contributed by atoms with Crippen molar-refractivity contribution in [3.05, 3.63) is 33.8 Å². The molecule has 1 saturated carbocycles. The first-order valence-corrected chi connectivity index (χ1v) is 5.89. The number of benzene rings is 1. The number of carbonyl (C=O) groups excluding carboxylic acids is 1. The van der Waals surface area contributed by atoms with Crippen molar-refractivity contribution < 1.29 is 9.53 Å². The Kier molecular flexibility index (Phi) is 3.10. The highest BCUT2D eigenvalue weighted by atomic mass is 79.9. The Hall–Kier alpha value is -0.830. The molecular formula is C12H13BrO2. The monoisotopic (exact) mass is 268 g/mol. The lowest BCUT2D eigenvalue weighted by Crippen LogP contribution is -2.07. The van der Waals surface area contributed by atoms with Gasteiger partial charge in [-0.25, -0.2) is 4.79 Å². The standard InChI is InChI=1S/C12H13BrO2/c1-8-2-5-10(6-11(8)13)12(14)15-7-9-3-4-9/h2,5-6,9H,3-4,7H2,1H3. The SMILES string of the molecule is Cc1ccc(C(=O)OCC2CC2)cc1Br. The fraction of sp³-hybridized carbons (Fsp3) is 0.417. The second kappa shape index (κ2) is 4.35. The van der Waals surface area contributed by atoms with E-state index in [4.69, 9.17) is 4.74 Å². The molecule has 2 rings (SSSR count). The van der Waals surface area contributed by atoms with E-state index in [0.29, 0.717) is 18.1 Å². The second-order valence-electron chi connectivity index (χ2n) is 4.01. The van der Waals surface area contributed by atoms with E-state index in [1.807, 2.05) is 19.1 Å². The first kappa shape index (κ1) is 10.7. The molecule has 0 N–H and O–H groups in total. The van der Waals surface area contributed by atoms with Gasteiger partial charge < -0.3 is 4.74 Å². The zero-order valence-corrected chi connectivity index (χ0v) is 10.2. The van der Waals surface area contributed by atoms with Crippen molar-refractivity contribution >= 4 is 21.9 Å². The predicted octanol–water partition coefficient (Wildman–Crippen LogP) is 3.32. The molecule has 80 valence electrons. The highest BCUT2D eigenvalue weighted by molar-refractivity contribution is 9.10. The maximum Gasteiger partial charge on any atom is 0.338 e. The number of esters is 1. The van der Waals surface area contributed by atoms with E-state index in [1.165, 1.54) is 12.8 Å². The summed E-state index contributed by atoms with van der Waals surface area (Å²) in [5.74, 6) is 0.394. The van der Waals surface area contributed by atoms with Crippen LogP contribution in [-0.2, 0) is 4.74 Å². The van der Waals surface area contributed by atoms with Crippen LogP contribution in [0.2, 0.25) is 0 Å². The molecule has 0 saturated heterocycles. The van der Waals surface area contributed by atoms with Crippen molar-refractivity contribution in [1.82, 2.24) is 0 Å². The maximum absolute atomic E-state index is 11.6. The lowest BCUT2D eigenvalue weighted by molar-refractivity contribution is 0.0486. The molecule has 0 aliphatic heterocycles. The summed E-state index contributed by atoms with van der Waals surface area (Å²) in [5.41, 5.74) is 1.74. The molecule has 0 radical (unpaired) electrons. The number of rotatable bonds is 3. The molecule has 0 bridgehead atoms. The topological polar surface area (TPSA) is 26.3 Å². The summed E-state index contributed by atoms with van der Waals surface area (Å²) in [6, 6.07) is 5.53. The summed E-state index contributed by atoms with van der Waals surface area (Å²) in [4.78, 5) is 11.6. The minimum atomic E-state index is -0.220.